The lowest BCUT2D eigenvalue weighted by molar-refractivity contribution is 0.111. The van der Waals surface area contributed by atoms with Crippen LogP contribution in [-0.2, 0) is 4.74 Å². The summed E-state index contributed by atoms with van der Waals surface area (Å²) in [6, 6.07) is 0. The molecule has 0 aromatic carbocycles. The molecule has 1 aliphatic rings. The van der Waals surface area contributed by atoms with Crippen molar-refractivity contribution in [3.05, 3.63) is 0 Å². The summed E-state index contributed by atoms with van der Waals surface area (Å²) in [7, 11) is 3.40. The lowest BCUT2D eigenvalue weighted by atomic mass is 10.1. The molecule has 0 bridgehead atoms. The summed E-state index contributed by atoms with van der Waals surface area (Å²) in [4.78, 5) is 15.0. The molecule has 0 aromatic rings. The zero-order chi connectivity index (χ0) is 11.1. The van der Waals surface area contributed by atoms with Crippen LogP contribution in [0.4, 0.5) is 4.79 Å². The van der Waals surface area contributed by atoms with Crippen molar-refractivity contribution in [2.75, 3.05) is 40.3 Å². The van der Waals surface area contributed by atoms with Crippen molar-refractivity contribution in [3.63, 3.8) is 0 Å². The Labute approximate surface area is 92.2 Å². The molecule has 0 aliphatic carbocycles. The van der Waals surface area contributed by atoms with Gasteiger partial charge in [-0.3, -0.25) is 0 Å². The Bertz CT molecular complexity index is 189. The van der Waals surface area contributed by atoms with Crippen molar-refractivity contribution in [3.8, 4) is 0 Å². The molecule has 1 fully saturated rings. The fraction of sp³-hybridized carbons (Fsp3) is 0.909. The highest BCUT2D eigenvalue weighted by Crippen LogP contribution is 2.08. The van der Waals surface area contributed by atoms with E-state index in [2.05, 4.69) is 4.90 Å². The van der Waals surface area contributed by atoms with Crippen LogP contribution in [0.25, 0.3) is 0 Å². The molecule has 0 aromatic heterocycles. The molecular weight excluding hydrogens is 192 g/mol. The molecule has 1 heterocycles. The van der Waals surface area contributed by atoms with Crippen LogP contribution in [0.15, 0.2) is 0 Å². The Morgan fingerprint density at radius 1 is 1.27 bits per heavy atom. The Balaban J connectivity index is 1.98. The van der Waals surface area contributed by atoms with Crippen LogP contribution in [0.5, 0.6) is 0 Å². The molecule has 0 spiro atoms. The largest absolute Gasteiger partial charge is 0.449 e. The van der Waals surface area contributed by atoms with Crippen LogP contribution >= 0.6 is 0 Å². The van der Waals surface area contributed by atoms with Gasteiger partial charge >= 0.3 is 6.09 Å². The highest BCUT2D eigenvalue weighted by Gasteiger charge is 2.09. The Morgan fingerprint density at radius 3 is 2.53 bits per heavy atom. The van der Waals surface area contributed by atoms with E-state index in [4.69, 9.17) is 4.74 Å². The number of hydrogen-bond donors (Lipinski definition) is 0. The normalized spacial score (nSPS) is 17.5. The van der Waals surface area contributed by atoms with Gasteiger partial charge in [0.15, 0.2) is 0 Å². The van der Waals surface area contributed by atoms with Gasteiger partial charge in [0.25, 0.3) is 0 Å². The number of nitrogens with zero attached hydrogens (tertiary/aromatic N) is 2. The minimum absolute atomic E-state index is 0.242. The van der Waals surface area contributed by atoms with Gasteiger partial charge in [-0.15, -0.1) is 0 Å². The molecule has 15 heavy (non-hydrogen) atoms. The van der Waals surface area contributed by atoms with Gasteiger partial charge in [0.1, 0.15) is 0 Å². The van der Waals surface area contributed by atoms with Crippen LogP contribution in [0, 0.1) is 0 Å². The minimum atomic E-state index is -0.242. The van der Waals surface area contributed by atoms with Gasteiger partial charge in [-0.25, -0.2) is 4.79 Å². The van der Waals surface area contributed by atoms with E-state index in [1.54, 1.807) is 14.1 Å². The minimum Gasteiger partial charge on any atom is -0.449 e. The van der Waals surface area contributed by atoms with Crippen molar-refractivity contribution in [2.24, 2.45) is 0 Å². The molecule has 1 aliphatic heterocycles. The first-order valence-corrected chi connectivity index (χ1v) is 5.76. The second-order valence-electron chi connectivity index (χ2n) is 4.26. The molecule has 1 amide bonds. The lowest BCUT2D eigenvalue weighted by Crippen LogP contribution is -2.31. The number of carbonyl (C=O) groups is 1. The van der Waals surface area contributed by atoms with Crippen LogP contribution in [0.2, 0.25) is 0 Å². The predicted octanol–water partition coefficient (Wildman–Crippen LogP) is 1.56. The smallest absolute Gasteiger partial charge is 0.409 e. The fourth-order valence-corrected chi connectivity index (χ4v) is 1.76. The standard InChI is InChI=1S/C11H22N2O2/c1-12(2)11(14)15-10-6-9-13-7-4-3-5-8-13/h3-10H2,1-2H3. The number of hydrogen-bond acceptors (Lipinski definition) is 3. The molecule has 0 unspecified atom stereocenters. The zero-order valence-electron chi connectivity index (χ0n) is 9.87. The van der Waals surface area contributed by atoms with Crippen LogP contribution in [0.3, 0.4) is 0 Å². The highest BCUT2D eigenvalue weighted by atomic mass is 16.6. The quantitative estimate of drug-likeness (QED) is 0.666. The van der Waals surface area contributed by atoms with Crippen LogP contribution in [-0.4, -0.2) is 56.2 Å². The summed E-state index contributed by atoms with van der Waals surface area (Å²) in [5.74, 6) is 0. The van der Waals surface area contributed by atoms with Crippen LogP contribution in [0.1, 0.15) is 25.7 Å². The van der Waals surface area contributed by atoms with Gasteiger partial charge in [-0.05, 0) is 32.4 Å². The van der Waals surface area contributed by atoms with E-state index < -0.39 is 0 Å². The first-order chi connectivity index (χ1) is 7.20. The summed E-state index contributed by atoms with van der Waals surface area (Å²) in [5, 5.41) is 0. The van der Waals surface area contributed by atoms with E-state index in [1.807, 2.05) is 0 Å². The number of likely N-dealkylation sites (tertiary alicyclic amines) is 1. The maximum Gasteiger partial charge on any atom is 0.409 e. The van der Waals surface area contributed by atoms with Crippen molar-refractivity contribution in [1.82, 2.24) is 9.80 Å². The number of amides is 1. The molecule has 88 valence electrons. The van der Waals surface area contributed by atoms with Gasteiger partial charge in [-0.2, -0.15) is 0 Å². The van der Waals surface area contributed by atoms with E-state index in [9.17, 15) is 4.79 Å². The van der Waals surface area contributed by atoms with E-state index in [1.165, 1.54) is 37.3 Å². The first kappa shape index (κ1) is 12.3. The summed E-state index contributed by atoms with van der Waals surface area (Å²) in [5.41, 5.74) is 0. The average molecular weight is 214 g/mol. The fourth-order valence-electron chi connectivity index (χ4n) is 1.76. The highest BCUT2D eigenvalue weighted by molar-refractivity contribution is 5.66. The van der Waals surface area contributed by atoms with Crippen molar-refractivity contribution in [1.29, 1.82) is 0 Å². The SMILES string of the molecule is CN(C)C(=O)OCCCN1CCCCC1. The van der Waals surface area contributed by atoms with Gasteiger partial charge in [0.2, 0.25) is 0 Å². The third kappa shape index (κ3) is 5.02. The summed E-state index contributed by atoms with van der Waals surface area (Å²) < 4.78 is 5.05. The molecule has 0 radical (unpaired) electrons. The van der Waals surface area contributed by atoms with Crippen molar-refractivity contribution in [2.45, 2.75) is 25.7 Å². The second kappa shape index (κ2) is 6.67. The third-order valence-corrected chi connectivity index (χ3v) is 2.66. The van der Waals surface area contributed by atoms with E-state index in [-0.39, 0.29) is 6.09 Å². The number of piperidine rings is 1. The Hall–Kier alpha value is -0.770. The molecule has 4 heteroatoms. The van der Waals surface area contributed by atoms with Gasteiger partial charge < -0.3 is 14.5 Å². The molecular formula is C11H22N2O2. The molecule has 0 atom stereocenters. The van der Waals surface area contributed by atoms with E-state index in [0.717, 1.165) is 13.0 Å². The second-order valence-corrected chi connectivity index (χ2v) is 4.26. The average Bonchev–Trinajstić information content (AvgIpc) is 2.25. The Morgan fingerprint density at radius 2 is 1.93 bits per heavy atom. The molecule has 0 saturated carbocycles. The maximum atomic E-state index is 11.1. The van der Waals surface area contributed by atoms with Gasteiger partial charge in [-0.1, -0.05) is 6.42 Å². The Kier molecular flexibility index (Phi) is 5.47. The monoisotopic (exact) mass is 214 g/mol. The summed E-state index contributed by atoms with van der Waals surface area (Å²) in [6.07, 6.45) is 4.70. The summed E-state index contributed by atoms with van der Waals surface area (Å²) in [6.45, 7) is 4.01. The third-order valence-electron chi connectivity index (χ3n) is 2.66. The van der Waals surface area contributed by atoms with Crippen molar-refractivity contribution >= 4 is 6.09 Å². The van der Waals surface area contributed by atoms with Crippen molar-refractivity contribution < 1.29 is 9.53 Å². The topological polar surface area (TPSA) is 32.8 Å². The lowest BCUT2D eigenvalue weighted by Gasteiger charge is -2.26. The molecule has 1 rings (SSSR count). The number of carbonyl (C=O) groups excluding carboxylic acids is 1. The molecule has 0 N–H and O–H groups in total. The number of rotatable bonds is 4. The predicted molar refractivity (Wildman–Crippen MR) is 59.9 cm³/mol. The summed E-state index contributed by atoms with van der Waals surface area (Å²) >= 11 is 0. The van der Waals surface area contributed by atoms with E-state index >= 15 is 0 Å². The molecule has 4 nitrogen and oxygen atoms in total. The molecule has 1 saturated heterocycles. The van der Waals surface area contributed by atoms with Gasteiger partial charge in [0.05, 0.1) is 6.61 Å². The van der Waals surface area contributed by atoms with Gasteiger partial charge in [0, 0.05) is 20.6 Å². The maximum absolute atomic E-state index is 11.1. The van der Waals surface area contributed by atoms with Crippen LogP contribution < -0.4 is 0 Å². The van der Waals surface area contributed by atoms with E-state index in [0.29, 0.717) is 6.61 Å². The zero-order valence-corrected chi connectivity index (χ0v) is 9.87. The number of ether oxygens (including phenoxy) is 1. The first-order valence-electron chi connectivity index (χ1n) is 5.76.